The molecule has 0 radical (unpaired) electrons. The van der Waals surface area contributed by atoms with Crippen molar-refractivity contribution >= 4 is 15.9 Å². The fourth-order valence-electron chi connectivity index (χ4n) is 0.259. The summed E-state index contributed by atoms with van der Waals surface area (Å²) in [6.45, 7) is 2.71. The van der Waals surface area contributed by atoms with Crippen LogP contribution in [0.5, 0.6) is 0 Å². The summed E-state index contributed by atoms with van der Waals surface area (Å²) in [6, 6.07) is 0. The van der Waals surface area contributed by atoms with E-state index in [9.17, 15) is 0 Å². The lowest BCUT2D eigenvalue weighted by Gasteiger charge is -1.92. The van der Waals surface area contributed by atoms with Crippen LogP contribution in [-0.2, 0) is 4.74 Å². The zero-order valence-electron chi connectivity index (χ0n) is 4.57. The monoisotopic (exact) mass is 164 g/mol. The van der Waals surface area contributed by atoms with Gasteiger partial charge in [0.2, 0.25) is 0 Å². The lowest BCUT2D eigenvalue weighted by Crippen LogP contribution is -1.86. The molecule has 7 heavy (non-hydrogen) atoms. The molecule has 0 bridgehead atoms. The highest BCUT2D eigenvalue weighted by atomic mass is 79.9. The van der Waals surface area contributed by atoms with Gasteiger partial charge in [-0.2, -0.15) is 0 Å². The molecular formula is C5H9BrO. The molecule has 0 atom stereocenters. The first-order valence-electron chi connectivity index (χ1n) is 2.06. The molecule has 0 saturated heterocycles. The molecule has 0 unspecified atom stereocenters. The summed E-state index contributed by atoms with van der Waals surface area (Å²) in [5, 5.41) is 0. The third kappa shape index (κ3) is 4.02. The summed E-state index contributed by atoms with van der Waals surface area (Å²) < 4.78 is 4.80. The molecule has 0 aliphatic heterocycles. The van der Waals surface area contributed by atoms with Crippen LogP contribution in [0.4, 0.5) is 0 Å². The predicted molar refractivity (Wildman–Crippen MR) is 34.6 cm³/mol. The first kappa shape index (κ1) is 7.18. The van der Waals surface area contributed by atoms with E-state index in [4.69, 9.17) is 4.74 Å². The Bertz CT molecular complexity index is 68.5. The van der Waals surface area contributed by atoms with Gasteiger partial charge in [-0.15, -0.1) is 0 Å². The molecule has 0 fully saturated rings. The van der Waals surface area contributed by atoms with E-state index in [1.165, 1.54) is 5.57 Å². The average Bonchev–Trinajstić information content (AvgIpc) is 1.68. The Hall–Kier alpha value is 0.180. The predicted octanol–water partition coefficient (Wildman–Crippen LogP) is 1.93. The second kappa shape index (κ2) is 4.34. The van der Waals surface area contributed by atoms with Crippen molar-refractivity contribution in [1.82, 2.24) is 0 Å². The van der Waals surface area contributed by atoms with Gasteiger partial charge in [-0.3, -0.25) is 0 Å². The second-order valence-corrected chi connectivity index (χ2v) is 1.85. The Balaban J connectivity index is 3.17. The first-order valence-corrected chi connectivity index (χ1v) is 2.97. The second-order valence-electron chi connectivity index (χ2n) is 1.39. The van der Waals surface area contributed by atoms with Gasteiger partial charge in [0, 0.05) is 7.11 Å². The van der Waals surface area contributed by atoms with Gasteiger partial charge in [-0.25, -0.2) is 0 Å². The summed E-state index contributed by atoms with van der Waals surface area (Å²) >= 11 is 3.17. The first-order chi connectivity index (χ1) is 3.31. The Morgan fingerprint density at radius 2 is 2.43 bits per heavy atom. The molecule has 0 aliphatic rings. The standard InChI is InChI=1S/C5H9BrO/c1-5(3-6)4-7-2/h3H,4H2,1-2H3/b5-3+. The zero-order valence-corrected chi connectivity index (χ0v) is 6.16. The van der Waals surface area contributed by atoms with Crippen molar-refractivity contribution < 1.29 is 4.74 Å². The molecule has 0 heterocycles. The third-order valence-corrected chi connectivity index (χ3v) is 1.34. The Kier molecular flexibility index (Phi) is 4.45. The molecule has 42 valence electrons. The molecule has 0 aliphatic carbocycles. The molecule has 0 spiro atoms. The van der Waals surface area contributed by atoms with Gasteiger partial charge in [0.05, 0.1) is 6.61 Å². The van der Waals surface area contributed by atoms with E-state index in [1.54, 1.807) is 7.11 Å². The number of halogens is 1. The van der Waals surface area contributed by atoms with E-state index in [1.807, 2.05) is 11.9 Å². The number of hydrogen-bond acceptors (Lipinski definition) is 1. The van der Waals surface area contributed by atoms with Gasteiger partial charge < -0.3 is 4.74 Å². The van der Waals surface area contributed by atoms with E-state index in [0.717, 1.165) is 0 Å². The van der Waals surface area contributed by atoms with Gasteiger partial charge in [0.1, 0.15) is 0 Å². The van der Waals surface area contributed by atoms with E-state index in [0.29, 0.717) is 6.61 Å². The molecule has 0 aromatic heterocycles. The lowest BCUT2D eigenvalue weighted by atomic mass is 10.4. The Morgan fingerprint density at radius 1 is 1.86 bits per heavy atom. The minimum Gasteiger partial charge on any atom is -0.380 e. The maximum absolute atomic E-state index is 4.80. The number of hydrogen-bond donors (Lipinski definition) is 0. The van der Waals surface area contributed by atoms with E-state index < -0.39 is 0 Å². The van der Waals surface area contributed by atoms with E-state index in [-0.39, 0.29) is 0 Å². The molecule has 0 N–H and O–H groups in total. The van der Waals surface area contributed by atoms with E-state index in [2.05, 4.69) is 15.9 Å². The third-order valence-electron chi connectivity index (χ3n) is 0.558. The number of rotatable bonds is 2. The maximum Gasteiger partial charge on any atom is 0.0678 e. The van der Waals surface area contributed by atoms with Crippen molar-refractivity contribution in [2.24, 2.45) is 0 Å². The molecule has 0 rings (SSSR count). The summed E-state index contributed by atoms with van der Waals surface area (Å²) in [5.74, 6) is 0. The van der Waals surface area contributed by atoms with Gasteiger partial charge in [0.15, 0.2) is 0 Å². The molecular weight excluding hydrogens is 156 g/mol. The van der Waals surface area contributed by atoms with Crippen LogP contribution >= 0.6 is 15.9 Å². The topological polar surface area (TPSA) is 9.23 Å². The SMILES string of the molecule is COC/C(C)=C/Br. The summed E-state index contributed by atoms with van der Waals surface area (Å²) in [4.78, 5) is 1.86. The molecule has 1 nitrogen and oxygen atoms in total. The van der Waals surface area contributed by atoms with Crippen molar-refractivity contribution in [1.29, 1.82) is 0 Å². The lowest BCUT2D eigenvalue weighted by molar-refractivity contribution is 0.226. The summed E-state index contributed by atoms with van der Waals surface area (Å²) in [6.07, 6.45) is 0. The van der Waals surface area contributed by atoms with Crippen LogP contribution in [0.25, 0.3) is 0 Å². The summed E-state index contributed by atoms with van der Waals surface area (Å²) in [7, 11) is 1.68. The van der Waals surface area contributed by atoms with Crippen LogP contribution in [0.15, 0.2) is 10.6 Å². The largest absolute Gasteiger partial charge is 0.380 e. The Labute approximate surface area is 52.5 Å². The van der Waals surface area contributed by atoms with Gasteiger partial charge in [-0.05, 0) is 17.5 Å². The zero-order chi connectivity index (χ0) is 5.70. The Morgan fingerprint density at radius 3 is 2.57 bits per heavy atom. The van der Waals surface area contributed by atoms with Crippen LogP contribution in [0, 0.1) is 0 Å². The highest BCUT2D eigenvalue weighted by Gasteiger charge is 1.80. The normalized spacial score (nSPS) is 12.1. The quantitative estimate of drug-likeness (QED) is 0.607. The molecule has 0 saturated carbocycles. The van der Waals surface area contributed by atoms with Crippen molar-refractivity contribution in [2.75, 3.05) is 13.7 Å². The molecule has 2 heteroatoms. The average molecular weight is 165 g/mol. The van der Waals surface area contributed by atoms with Crippen LogP contribution in [0.2, 0.25) is 0 Å². The molecule has 0 amide bonds. The van der Waals surface area contributed by atoms with Crippen LogP contribution in [0.3, 0.4) is 0 Å². The number of ether oxygens (including phenoxy) is 1. The smallest absolute Gasteiger partial charge is 0.0678 e. The highest BCUT2D eigenvalue weighted by molar-refractivity contribution is 9.11. The molecule has 0 aromatic carbocycles. The number of methoxy groups -OCH3 is 1. The van der Waals surface area contributed by atoms with Crippen molar-refractivity contribution in [3.8, 4) is 0 Å². The van der Waals surface area contributed by atoms with Crippen molar-refractivity contribution in [3.63, 3.8) is 0 Å². The highest BCUT2D eigenvalue weighted by Crippen LogP contribution is 1.95. The van der Waals surface area contributed by atoms with Crippen LogP contribution < -0.4 is 0 Å². The van der Waals surface area contributed by atoms with Crippen LogP contribution in [-0.4, -0.2) is 13.7 Å². The fraction of sp³-hybridized carbons (Fsp3) is 0.600. The van der Waals surface area contributed by atoms with Gasteiger partial charge in [-0.1, -0.05) is 15.9 Å². The van der Waals surface area contributed by atoms with E-state index >= 15 is 0 Å². The van der Waals surface area contributed by atoms with Gasteiger partial charge >= 0.3 is 0 Å². The fourth-order valence-corrected chi connectivity index (χ4v) is 0.391. The van der Waals surface area contributed by atoms with Crippen LogP contribution in [0.1, 0.15) is 6.92 Å². The minimum absolute atomic E-state index is 0.714. The van der Waals surface area contributed by atoms with Crippen molar-refractivity contribution in [2.45, 2.75) is 6.92 Å². The molecule has 0 aromatic rings. The summed E-state index contributed by atoms with van der Waals surface area (Å²) in [5.41, 5.74) is 1.20. The van der Waals surface area contributed by atoms with Gasteiger partial charge in [0.25, 0.3) is 0 Å². The maximum atomic E-state index is 4.80. The van der Waals surface area contributed by atoms with Crippen molar-refractivity contribution in [3.05, 3.63) is 10.6 Å². The minimum atomic E-state index is 0.714.